The van der Waals surface area contributed by atoms with Crippen LogP contribution in [0.3, 0.4) is 0 Å². The molecule has 2 aromatic rings. The van der Waals surface area contributed by atoms with Crippen molar-refractivity contribution in [2.75, 3.05) is 6.61 Å². The molecule has 8 heteroatoms. The SMILES string of the molecule is CCOC(=O)c1nnc(SCc2ccc(Cl)s2)o1. The molecule has 0 spiro atoms. The molecule has 0 aromatic carbocycles. The van der Waals surface area contributed by atoms with E-state index < -0.39 is 5.97 Å². The zero-order chi connectivity index (χ0) is 13.0. The molecule has 0 bridgehead atoms. The molecule has 0 aliphatic heterocycles. The summed E-state index contributed by atoms with van der Waals surface area (Å²) in [5.74, 6) is -0.0541. The molecule has 0 radical (unpaired) electrons. The fourth-order valence-corrected chi connectivity index (χ4v) is 3.00. The second-order valence-corrected chi connectivity index (χ2v) is 5.81. The highest BCUT2D eigenvalue weighted by Gasteiger charge is 2.16. The lowest BCUT2D eigenvalue weighted by Gasteiger charge is -1.94. The topological polar surface area (TPSA) is 65.2 Å². The number of halogens is 1. The lowest BCUT2D eigenvalue weighted by atomic mass is 10.5. The monoisotopic (exact) mass is 304 g/mol. The van der Waals surface area contributed by atoms with Gasteiger partial charge in [0.15, 0.2) is 0 Å². The predicted octanol–water partition coefficient (Wildman–Crippen LogP) is 3.25. The number of nitrogens with zero attached hydrogens (tertiary/aromatic N) is 2. The summed E-state index contributed by atoms with van der Waals surface area (Å²) in [6, 6.07) is 3.77. The minimum Gasteiger partial charge on any atom is -0.459 e. The van der Waals surface area contributed by atoms with Gasteiger partial charge in [-0.15, -0.1) is 16.4 Å². The summed E-state index contributed by atoms with van der Waals surface area (Å²) in [5.41, 5.74) is 0. The Hall–Kier alpha value is -1.05. The zero-order valence-electron chi connectivity index (χ0n) is 9.38. The van der Waals surface area contributed by atoms with Gasteiger partial charge in [-0.2, -0.15) is 0 Å². The van der Waals surface area contributed by atoms with Crippen LogP contribution in [0.5, 0.6) is 0 Å². The number of hydrogen-bond donors (Lipinski definition) is 0. The van der Waals surface area contributed by atoms with Gasteiger partial charge in [0, 0.05) is 10.6 Å². The van der Waals surface area contributed by atoms with Gasteiger partial charge >= 0.3 is 11.9 Å². The summed E-state index contributed by atoms with van der Waals surface area (Å²) in [5, 5.41) is 7.71. The van der Waals surface area contributed by atoms with Crippen molar-refractivity contribution in [2.24, 2.45) is 0 Å². The average Bonchev–Trinajstić information content (AvgIpc) is 2.95. The molecule has 0 fully saturated rings. The number of esters is 1. The van der Waals surface area contributed by atoms with Crippen molar-refractivity contribution in [3.8, 4) is 0 Å². The second kappa shape index (κ2) is 6.21. The maximum Gasteiger partial charge on any atom is 0.396 e. The minimum atomic E-state index is -0.601. The number of aromatic nitrogens is 2. The molecule has 0 aliphatic rings. The van der Waals surface area contributed by atoms with Gasteiger partial charge in [0.2, 0.25) is 0 Å². The molecule has 0 saturated carbocycles. The van der Waals surface area contributed by atoms with Crippen LogP contribution in [0, 0.1) is 0 Å². The quantitative estimate of drug-likeness (QED) is 0.624. The van der Waals surface area contributed by atoms with Crippen LogP contribution >= 0.6 is 34.7 Å². The number of carbonyl (C=O) groups is 1. The Bertz CT molecular complexity index is 541. The van der Waals surface area contributed by atoms with E-state index >= 15 is 0 Å². The van der Waals surface area contributed by atoms with Crippen LogP contribution in [0.15, 0.2) is 21.8 Å². The van der Waals surface area contributed by atoms with E-state index in [0.29, 0.717) is 11.0 Å². The molecular formula is C10H9ClN2O3S2. The molecule has 2 rings (SSSR count). The van der Waals surface area contributed by atoms with Crippen molar-refractivity contribution in [3.63, 3.8) is 0 Å². The normalized spacial score (nSPS) is 10.6. The summed E-state index contributed by atoms with van der Waals surface area (Å²) in [6.45, 7) is 1.99. The fourth-order valence-electron chi connectivity index (χ4n) is 1.11. The van der Waals surface area contributed by atoms with Crippen LogP contribution in [0.25, 0.3) is 0 Å². The molecule has 2 aromatic heterocycles. The number of rotatable bonds is 5. The lowest BCUT2D eigenvalue weighted by Crippen LogP contribution is -2.04. The summed E-state index contributed by atoms with van der Waals surface area (Å²) in [6.07, 6.45) is 0. The number of ether oxygens (including phenoxy) is 1. The molecule has 0 atom stereocenters. The first-order chi connectivity index (χ1) is 8.69. The van der Waals surface area contributed by atoms with Gasteiger partial charge in [-0.25, -0.2) is 4.79 Å². The third kappa shape index (κ3) is 3.47. The minimum absolute atomic E-state index is 0.122. The molecule has 0 N–H and O–H groups in total. The van der Waals surface area contributed by atoms with Gasteiger partial charge < -0.3 is 9.15 Å². The highest BCUT2D eigenvalue weighted by molar-refractivity contribution is 7.98. The average molecular weight is 305 g/mol. The van der Waals surface area contributed by atoms with E-state index in [1.807, 2.05) is 12.1 Å². The zero-order valence-corrected chi connectivity index (χ0v) is 11.8. The maximum absolute atomic E-state index is 11.3. The van der Waals surface area contributed by atoms with E-state index in [2.05, 4.69) is 10.2 Å². The van der Waals surface area contributed by atoms with Crippen LogP contribution in [-0.4, -0.2) is 22.8 Å². The number of carbonyl (C=O) groups excluding carboxylic acids is 1. The third-order valence-electron chi connectivity index (χ3n) is 1.82. The second-order valence-electron chi connectivity index (χ2n) is 3.09. The van der Waals surface area contributed by atoms with Crippen molar-refractivity contribution >= 4 is 40.7 Å². The molecular weight excluding hydrogens is 296 g/mol. The van der Waals surface area contributed by atoms with E-state index in [4.69, 9.17) is 20.8 Å². The highest BCUT2D eigenvalue weighted by atomic mass is 35.5. The summed E-state index contributed by atoms with van der Waals surface area (Å²) >= 11 is 8.66. The van der Waals surface area contributed by atoms with E-state index in [0.717, 1.165) is 9.21 Å². The summed E-state index contributed by atoms with van der Waals surface area (Å²) in [7, 11) is 0. The summed E-state index contributed by atoms with van der Waals surface area (Å²) < 4.78 is 10.7. The van der Waals surface area contributed by atoms with Gasteiger partial charge in [0.1, 0.15) is 0 Å². The predicted molar refractivity (Wildman–Crippen MR) is 69.1 cm³/mol. The first kappa shape index (κ1) is 13.4. The largest absolute Gasteiger partial charge is 0.459 e. The molecule has 0 amide bonds. The first-order valence-electron chi connectivity index (χ1n) is 5.06. The molecule has 18 heavy (non-hydrogen) atoms. The third-order valence-corrected chi connectivity index (χ3v) is 4.10. The smallest absolute Gasteiger partial charge is 0.396 e. The van der Waals surface area contributed by atoms with Crippen LogP contribution in [0.2, 0.25) is 4.34 Å². The Kier molecular flexibility index (Phi) is 4.62. The van der Waals surface area contributed by atoms with Gasteiger partial charge in [-0.3, -0.25) is 0 Å². The van der Waals surface area contributed by atoms with Gasteiger partial charge in [-0.05, 0) is 19.1 Å². The van der Waals surface area contributed by atoms with Crippen molar-refractivity contribution < 1.29 is 13.9 Å². The van der Waals surface area contributed by atoms with Gasteiger partial charge in [-0.1, -0.05) is 28.5 Å². The first-order valence-corrected chi connectivity index (χ1v) is 7.24. The van der Waals surface area contributed by atoms with Gasteiger partial charge in [0.05, 0.1) is 10.9 Å². The molecule has 5 nitrogen and oxygen atoms in total. The van der Waals surface area contributed by atoms with Crippen LogP contribution in [-0.2, 0) is 10.5 Å². The standard InChI is InChI=1S/C10H9ClN2O3S2/c1-2-15-9(14)8-12-13-10(16-8)17-5-6-3-4-7(11)18-6/h3-4H,2,5H2,1H3. The Labute approximate surface area is 116 Å². The molecule has 96 valence electrons. The van der Waals surface area contributed by atoms with Crippen LogP contribution in [0.1, 0.15) is 22.5 Å². The Morgan fingerprint density at radius 1 is 1.56 bits per heavy atom. The Morgan fingerprint density at radius 3 is 3.06 bits per heavy atom. The molecule has 0 saturated heterocycles. The summed E-state index contributed by atoms with van der Waals surface area (Å²) in [4.78, 5) is 12.4. The van der Waals surface area contributed by atoms with Crippen LogP contribution < -0.4 is 0 Å². The van der Waals surface area contributed by atoms with Gasteiger partial charge in [0.25, 0.3) is 5.22 Å². The van der Waals surface area contributed by atoms with Crippen molar-refractivity contribution in [3.05, 3.63) is 27.2 Å². The van der Waals surface area contributed by atoms with E-state index in [1.54, 1.807) is 6.92 Å². The van der Waals surface area contributed by atoms with Crippen molar-refractivity contribution in [1.82, 2.24) is 10.2 Å². The van der Waals surface area contributed by atoms with E-state index in [-0.39, 0.29) is 12.5 Å². The molecule has 0 aliphatic carbocycles. The maximum atomic E-state index is 11.3. The molecule has 2 heterocycles. The van der Waals surface area contributed by atoms with E-state index in [9.17, 15) is 4.79 Å². The van der Waals surface area contributed by atoms with Crippen LogP contribution in [0.4, 0.5) is 0 Å². The number of thiophene rings is 1. The van der Waals surface area contributed by atoms with E-state index in [1.165, 1.54) is 23.1 Å². The van der Waals surface area contributed by atoms with Crippen molar-refractivity contribution in [1.29, 1.82) is 0 Å². The van der Waals surface area contributed by atoms with Crippen molar-refractivity contribution in [2.45, 2.75) is 17.9 Å². The highest BCUT2D eigenvalue weighted by Crippen LogP contribution is 2.28. The number of hydrogen-bond acceptors (Lipinski definition) is 7. The molecule has 0 unspecified atom stereocenters. The number of thioether (sulfide) groups is 1. The Morgan fingerprint density at radius 2 is 2.39 bits per heavy atom. The fraction of sp³-hybridized carbons (Fsp3) is 0.300. The Balaban J connectivity index is 1.92. The lowest BCUT2D eigenvalue weighted by molar-refractivity contribution is 0.0475.